The normalized spacial score (nSPS) is 17.4. The van der Waals surface area contributed by atoms with E-state index >= 15 is 0 Å². The van der Waals surface area contributed by atoms with Gasteiger partial charge in [0.1, 0.15) is 12.7 Å². The Morgan fingerprint density at radius 3 is 2.76 bits per heavy atom. The maximum absolute atomic E-state index is 13.1. The molecular weight excluding hydrogens is 318 g/mol. The lowest BCUT2D eigenvalue weighted by atomic mass is 9.96. The second-order valence-electron chi connectivity index (χ2n) is 6.59. The molecule has 2 aromatic rings. The first kappa shape index (κ1) is 17.1. The highest BCUT2D eigenvalue weighted by atomic mass is 16.2. The Bertz CT molecular complexity index is 757. The molecule has 132 valence electrons. The van der Waals surface area contributed by atoms with Crippen LogP contribution in [0.3, 0.4) is 0 Å². The summed E-state index contributed by atoms with van der Waals surface area (Å²) in [4.78, 5) is 26.2. The first-order valence-corrected chi connectivity index (χ1v) is 8.54. The molecule has 2 heterocycles. The Labute approximate surface area is 147 Å². The van der Waals surface area contributed by atoms with E-state index in [0.29, 0.717) is 24.6 Å². The van der Waals surface area contributed by atoms with Crippen LogP contribution >= 0.6 is 0 Å². The lowest BCUT2D eigenvalue weighted by molar-refractivity contribution is -0.119. The molecule has 1 saturated heterocycles. The largest absolute Gasteiger partial charge is 0.356 e. The number of amides is 2. The summed E-state index contributed by atoms with van der Waals surface area (Å²) in [5.41, 5.74) is 2.47. The molecule has 0 bridgehead atoms. The number of hydrogen-bond acceptors (Lipinski definition) is 4. The highest BCUT2D eigenvalue weighted by Crippen LogP contribution is 2.22. The first-order valence-electron chi connectivity index (χ1n) is 8.54. The van der Waals surface area contributed by atoms with Crippen molar-refractivity contribution in [3.63, 3.8) is 0 Å². The number of aryl methyl sites for hydroxylation is 1. The van der Waals surface area contributed by atoms with Gasteiger partial charge in [0, 0.05) is 26.6 Å². The average Bonchev–Trinajstić information content (AvgIpc) is 3.14. The van der Waals surface area contributed by atoms with Crippen LogP contribution in [0.2, 0.25) is 0 Å². The van der Waals surface area contributed by atoms with Crippen molar-refractivity contribution in [2.45, 2.75) is 26.7 Å². The summed E-state index contributed by atoms with van der Waals surface area (Å²) in [5, 5.41) is 10.5. The van der Waals surface area contributed by atoms with Gasteiger partial charge in [-0.1, -0.05) is 11.6 Å². The predicted octanol–water partition coefficient (Wildman–Crippen LogP) is 1.56. The van der Waals surface area contributed by atoms with Crippen LogP contribution in [0, 0.1) is 12.8 Å². The molecule has 7 nitrogen and oxygen atoms in total. The van der Waals surface area contributed by atoms with Crippen LogP contribution < -0.4 is 5.32 Å². The molecule has 1 fully saturated rings. The molecule has 1 N–H and O–H groups in total. The Kier molecular flexibility index (Phi) is 5.11. The van der Waals surface area contributed by atoms with E-state index in [2.05, 4.69) is 15.5 Å². The van der Waals surface area contributed by atoms with Crippen molar-refractivity contribution < 1.29 is 9.59 Å². The molecule has 1 aromatic carbocycles. The fourth-order valence-corrected chi connectivity index (χ4v) is 3.25. The van der Waals surface area contributed by atoms with Gasteiger partial charge >= 0.3 is 0 Å². The monoisotopic (exact) mass is 341 g/mol. The van der Waals surface area contributed by atoms with E-state index < -0.39 is 0 Å². The van der Waals surface area contributed by atoms with Crippen molar-refractivity contribution >= 4 is 11.8 Å². The number of carbonyl (C=O) groups excluding carboxylic acids is 2. The zero-order valence-corrected chi connectivity index (χ0v) is 14.6. The molecule has 0 aliphatic carbocycles. The van der Waals surface area contributed by atoms with E-state index in [-0.39, 0.29) is 11.8 Å². The van der Waals surface area contributed by atoms with Crippen molar-refractivity contribution in [2.24, 2.45) is 5.92 Å². The van der Waals surface area contributed by atoms with Gasteiger partial charge < -0.3 is 10.2 Å². The molecule has 0 saturated carbocycles. The smallest absolute Gasteiger partial charge is 0.256 e. The number of rotatable bonds is 4. The zero-order valence-electron chi connectivity index (χ0n) is 14.6. The Balaban J connectivity index is 1.80. The third-order valence-corrected chi connectivity index (χ3v) is 4.53. The Morgan fingerprint density at radius 2 is 2.04 bits per heavy atom. The number of nitrogens with zero attached hydrogens (tertiary/aromatic N) is 4. The number of aromatic nitrogens is 3. The first-order chi connectivity index (χ1) is 12.0. The highest BCUT2D eigenvalue weighted by Gasteiger charge is 2.26. The summed E-state index contributed by atoms with van der Waals surface area (Å²) < 4.78 is 1.76. The summed E-state index contributed by atoms with van der Waals surface area (Å²) in [7, 11) is 0. The van der Waals surface area contributed by atoms with Gasteiger partial charge in [0.2, 0.25) is 5.91 Å². The Hall–Kier alpha value is -2.70. The molecule has 0 unspecified atom stereocenters. The zero-order chi connectivity index (χ0) is 17.8. The SMILES string of the molecule is CC(=O)NC[C@H]1CCCN(C(=O)c2cc(C)ccc2-n2cnnc2)C1. The topological polar surface area (TPSA) is 80.1 Å². The van der Waals surface area contributed by atoms with Gasteiger partial charge in [-0.3, -0.25) is 14.2 Å². The third-order valence-electron chi connectivity index (χ3n) is 4.53. The molecule has 1 aromatic heterocycles. The number of hydrogen-bond donors (Lipinski definition) is 1. The van der Waals surface area contributed by atoms with Crippen LogP contribution in [0.1, 0.15) is 35.7 Å². The molecule has 0 spiro atoms. The molecular formula is C18H23N5O2. The summed E-state index contributed by atoms with van der Waals surface area (Å²) >= 11 is 0. The van der Waals surface area contributed by atoms with Crippen LogP contribution in [0.5, 0.6) is 0 Å². The Morgan fingerprint density at radius 1 is 1.28 bits per heavy atom. The van der Waals surface area contributed by atoms with Crippen LogP contribution in [0.4, 0.5) is 0 Å². The molecule has 2 amide bonds. The van der Waals surface area contributed by atoms with Crippen molar-refractivity contribution in [2.75, 3.05) is 19.6 Å². The standard InChI is InChI=1S/C18H23N5O2/c1-13-5-6-17(23-11-20-21-12-23)16(8-13)18(25)22-7-3-4-15(10-22)9-19-14(2)24/h5-6,8,11-12,15H,3-4,7,9-10H2,1-2H3,(H,19,24)/t15-/m1/s1. The van der Waals surface area contributed by atoms with Gasteiger partial charge in [-0.2, -0.15) is 0 Å². The molecule has 1 aliphatic rings. The van der Waals surface area contributed by atoms with Gasteiger partial charge in [0.15, 0.2) is 0 Å². The maximum atomic E-state index is 13.1. The molecule has 1 atom stereocenters. The minimum atomic E-state index is -0.0305. The van der Waals surface area contributed by atoms with Crippen LogP contribution in [0.25, 0.3) is 5.69 Å². The van der Waals surface area contributed by atoms with E-state index in [1.165, 1.54) is 6.92 Å². The summed E-state index contributed by atoms with van der Waals surface area (Å²) in [5.74, 6) is 0.279. The molecule has 3 rings (SSSR count). The number of benzene rings is 1. The molecule has 25 heavy (non-hydrogen) atoms. The second-order valence-corrected chi connectivity index (χ2v) is 6.59. The third kappa shape index (κ3) is 4.04. The lowest BCUT2D eigenvalue weighted by Crippen LogP contribution is -2.43. The maximum Gasteiger partial charge on any atom is 0.256 e. The fourth-order valence-electron chi connectivity index (χ4n) is 3.25. The average molecular weight is 341 g/mol. The quantitative estimate of drug-likeness (QED) is 0.915. The molecule has 1 aliphatic heterocycles. The minimum Gasteiger partial charge on any atom is -0.356 e. The van der Waals surface area contributed by atoms with Crippen LogP contribution in [-0.4, -0.2) is 51.1 Å². The predicted molar refractivity (Wildman–Crippen MR) is 93.4 cm³/mol. The van der Waals surface area contributed by atoms with Crippen LogP contribution in [-0.2, 0) is 4.79 Å². The van der Waals surface area contributed by atoms with Gasteiger partial charge in [0.05, 0.1) is 11.3 Å². The van der Waals surface area contributed by atoms with Crippen molar-refractivity contribution in [3.05, 3.63) is 42.0 Å². The van der Waals surface area contributed by atoms with Crippen LogP contribution in [0.15, 0.2) is 30.9 Å². The summed E-state index contributed by atoms with van der Waals surface area (Å²) in [6.45, 7) is 5.51. The summed E-state index contributed by atoms with van der Waals surface area (Å²) in [6, 6.07) is 5.81. The minimum absolute atomic E-state index is 0.0138. The van der Waals surface area contributed by atoms with Gasteiger partial charge in [-0.25, -0.2) is 0 Å². The fraction of sp³-hybridized carbons (Fsp3) is 0.444. The van der Waals surface area contributed by atoms with Gasteiger partial charge in [-0.05, 0) is 37.8 Å². The molecule has 7 heteroatoms. The van der Waals surface area contributed by atoms with E-state index in [4.69, 9.17) is 0 Å². The number of carbonyl (C=O) groups is 2. The van der Waals surface area contributed by atoms with E-state index in [9.17, 15) is 9.59 Å². The molecule has 0 radical (unpaired) electrons. The van der Waals surface area contributed by atoms with E-state index in [0.717, 1.165) is 30.6 Å². The highest BCUT2D eigenvalue weighted by molar-refractivity contribution is 5.98. The summed E-state index contributed by atoms with van der Waals surface area (Å²) in [6.07, 6.45) is 5.16. The lowest BCUT2D eigenvalue weighted by Gasteiger charge is -2.33. The van der Waals surface area contributed by atoms with Gasteiger partial charge in [0.25, 0.3) is 5.91 Å². The van der Waals surface area contributed by atoms with Crippen molar-refractivity contribution in [1.29, 1.82) is 0 Å². The number of piperidine rings is 1. The van der Waals surface area contributed by atoms with Crippen molar-refractivity contribution in [3.8, 4) is 5.69 Å². The number of likely N-dealkylation sites (tertiary alicyclic amines) is 1. The van der Waals surface area contributed by atoms with E-state index in [1.54, 1.807) is 17.2 Å². The number of nitrogens with one attached hydrogen (secondary N) is 1. The van der Waals surface area contributed by atoms with E-state index in [1.807, 2.05) is 30.0 Å². The van der Waals surface area contributed by atoms with Crippen molar-refractivity contribution in [1.82, 2.24) is 25.0 Å². The van der Waals surface area contributed by atoms with Gasteiger partial charge in [-0.15, -0.1) is 10.2 Å². The second kappa shape index (κ2) is 7.46.